The van der Waals surface area contributed by atoms with Gasteiger partial charge >= 0.3 is 0 Å². The van der Waals surface area contributed by atoms with E-state index in [0.29, 0.717) is 5.92 Å². The van der Waals surface area contributed by atoms with Crippen LogP contribution in [0.5, 0.6) is 0 Å². The number of rotatable bonds is 9. The van der Waals surface area contributed by atoms with Crippen LogP contribution in [0.4, 0.5) is 5.69 Å². The minimum Gasteiger partial charge on any atom is -0.333 e. The predicted octanol–water partition coefficient (Wildman–Crippen LogP) is 17.4. The molecule has 0 bridgehead atoms. The summed E-state index contributed by atoms with van der Waals surface area (Å²) < 4.78 is 4.98. The van der Waals surface area contributed by atoms with E-state index in [4.69, 9.17) is 0 Å². The number of allylic oxidation sites excluding steroid dienone is 11. The Labute approximate surface area is 403 Å². The molecule has 8 aromatic carbocycles. The first-order valence-corrected chi connectivity index (χ1v) is 24.5. The number of nitrogens with zero attached hydrogens (tertiary/aromatic N) is 3. The molecule has 2 atom stereocenters. The van der Waals surface area contributed by atoms with Crippen LogP contribution in [0.25, 0.3) is 77.1 Å². The van der Waals surface area contributed by atoms with E-state index >= 15 is 0 Å². The van der Waals surface area contributed by atoms with Gasteiger partial charge in [-0.1, -0.05) is 188 Å². The number of aromatic nitrogens is 2. The van der Waals surface area contributed by atoms with Crippen molar-refractivity contribution in [1.82, 2.24) is 9.13 Å². The summed E-state index contributed by atoms with van der Waals surface area (Å²) in [5.74, 6) is 0.337. The molecule has 2 aromatic heterocycles. The Hall–Kier alpha value is -8.40. The summed E-state index contributed by atoms with van der Waals surface area (Å²) >= 11 is 0. The molecule has 330 valence electrons. The van der Waals surface area contributed by atoms with Gasteiger partial charge in [-0.3, -0.25) is 0 Å². The second-order valence-corrected chi connectivity index (χ2v) is 18.7. The average Bonchev–Trinajstić information content (AvgIpc) is 3.95. The van der Waals surface area contributed by atoms with Gasteiger partial charge in [-0.15, -0.1) is 0 Å². The Balaban J connectivity index is 0.819. The second-order valence-electron chi connectivity index (χ2n) is 18.7. The van der Waals surface area contributed by atoms with Crippen molar-refractivity contribution in [2.24, 2.45) is 5.92 Å². The van der Waals surface area contributed by atoms with Crippen LogP contribution in [0.3, 0.4) is 0 Å². The molecule has 3 nitrogen and oxygen atoms in total. The first-order chi connectivity index (χ1) is 34.2. The van der Waals surface area contributed by atoms with E-state index in [0.717, 1.165) is 25.7 Å². The molecule has 0 aliphatic heterocycles. The summed E-state index contributed by atoms with van der Waals surface area (Å²) in [5, 5.41) is 5.21. The molecule has 3 aliphatic rings. The fraction of sp³-hybridized carbons (Fsp3) is 0.0909. The van der Waals surface area contributed by atoms with Crippen LogP contribution in [0.15, 0.2) is 266 Å². The Kier molecular flexibility index (Phi) is 10.3. The average molecular weight is 886 g/mol. The van der Waals surface area contributed by atoms with Gasteiger partial charge < -0.3 is 14.0 Å². The quantitative estimate of drug-likeness (QED) is 0.141. The molecular weight excluding hydrogens is 835 g/mol. The van der Waals surface area contributed by atoms with Crippen molar-refractivity contribution < 1.29 is 0 Å². The molecule has 0 saturated carbocycles. The number of fused-ring (bicyclic) bond motifs is 6. The number of para-hydroxylation sites is 4. The van der Waals surface area contributed by atoms with Crippen LogP contribution in [-0.4, -0.2) is 9.13 Å². The Morgan fingerprint density at radius 2 is 1.03 bits per heavy atom. The lowest BCUT2D eigenvalue weighted by Crippen LogP contribution is -2.24. The SMILES string of the molecule is C1=CC(n2c3ccccc3c3ccccc32)CC(C2C=CC(N(C3=CC=C(c4cccc(-n5c6ccccc6c6ccccc65)c4)CC3)c3ccc(-c4cccc(-c5ccccc5)c4)cc3)=CC2)=C1. The van der Waals surface area contributed by atoms with Gasteiger partial charge in [0.2, 0.25) is 0 Å². The van der Waals surface area contributed by atoms with Crippen LogP contribution < -0.4 is 4.90 Å². The number of benzene rings is 8. The van der Waals surface area contributed by atoms with E-state index in [1.807, 2.05) is 0 Å². The van der Waals surface area contributed by atoms with E-state index in [1.54, 1.807) is 0 Å². The van der Waals surface area contributed by atoms with Crippen molar-refractivity contribution in [2.75, 3.05) is 4.90 Å². The van der Waals surface area contributed by atoms with E-state index in [1.165, 1.54) is 105 Å². The number of hydrogen-bond acceptors (Lipinski definition) is 1. The Bertz CT molecular complexity index is 3680. The van der Waals surface area contributed by atoms with E-state index in [2.05, 4.69) is 263 Å². The standard InChI is InChI=1S/C66H51N3/c1-2-15-46(16-3-1)50-17-12-18-51(43-50)47-31-37-54(38-32-47)67(55-39-33-48(34-40-55)52-19-13-21-57(44-52)68-63-27-8-4-23-59(63)60-24-5-9-28-64(60)68)56-41-35-49(36-42-56)53-20-14-22-58(45-53)69-65-29-10-6-25-61(65)62-26-7-11-30-66(62)69/h1-33,35,37-41,43,45,48,57H,34,36,42,44H2. The third-order valence-electron chi connectivity index (χ3n) is 14.8. The molecule has 10 aromatic rings. The highest BCUT2D eigenvalue weighted by Gasteiger charge is 2.26. The van der Waals surface area contributed by atoms with Crippen LogP contribution in [0.1, 0.15) is 37.3 Å². The molecular formula is C66H51N3. The lowest BCUT2D eigenvalue weighted by Gasteiger charge is -2.33. The highest BCUT2D eigenvalue weighted by Crippen LogP contribution is 2.42. The Morgan fingerprint density at radius 3 is 1.67 bits per heavy atom. The van der Waals surface area contributed by atoms with Crippen molar-refractivity contribution in [3.8, 4) is 27.9 Å². The largest absolute Gasteiger partial charge is 0.333 e. The molecule has 13 rings (SSSR count). The molecule has 69 heavy (non-hydrogen) atoms. The minimum absolute atomic E-state index is 0.257. The first kappa shape index (κ1) is 40.8. The fourth-order valence-electron chi connectivity index (χ4n) is 11.4. The molecule has 2 unspecified atom stereocenters. The molecule has 0 fully saturated rings. The molecule has 0 spiro atoms. The molecule has 3 aliphatic carbocycles. The molecule has 3 heteroatoms. The highest BCUT2D eigenvalue weighted by atomic mass is 15.2. The lowest BCUT2D eigenvalue weighted by molar-refractivity contribution is 0.583. The van der Waals surface area contributed by atoms with Gasteiger partial charge in [0.25, 0.3) is 0 Å². The summed E-state index contributed by atoms with van der Waals surface area (Å²) in [6.45, 7) is 0. The zero-order valence-electron chi connectivity index (χ0n) is 38.5. The van der Waals surface area contributed by atoms with Crippen molar-refractivity contribution in [2.45, 2.75) is 31.7 Å². The summed E-state index contributed by atoms with van der Waals surface area (Å²) in [6, 6.07) is 73.4. The predicted molar refractivity (Wildman–Crippen MR) is 292 cm³/mol. The van der Waals surface area contributed by atoms with Crippen LogP contribution in [0, 0.1) is 5.92 Å². The van der Waals surface area contributed by atoms with Gasteiger partial charge in [-0.2, -0.15) is 0 Å². The van der Waals surface area contributed by atoms with Gasteiger partial charge in [-0.05, 0) is 126 Å². The summed E-state index contributed by atoms with van der Waals surface area (Å²) in [4.78, 5) is 2.51. The number of anilines is 1. The van der Waals surface area contributed by atoms with Crippen molar-refractivity contribution in [3.05, 3.63) is 271 Å². The zero-order chi connectivity index (χ0) is 45.7. The highest BCUT2D eigenvalue weighted by molar-refractivity contribution is 6.09. The maximum Gasteiger partial charge on any atom is 0.0563 e. The zero-order valence-corrected chi connectivity index (χ0v) is 38.5. The van der Waals surface area contributed by atoms with Crippen molar-refractivity contribution >= 4 is 54.9 Å². The fourth-order valence-corrected chi connectivity index (χ4v) is 11.4. The monoisotopic (exact) mass is 885 g/mol. The molecule has 0 amide bonds. The second kappa shape index (κ2) is 17.4. The first-order valence-electron chi connectivity index (χ1n) is 24.5. The van der Waals surface area contributed by atoms with E-state index < -0.39 is 0 Å². The maximum absolute atomic E-state index is 2.56. The normalized spacial score (nSPS) is 17.0. The smallest absolute Gasteiger partial charge is 0.0563 e. The summed E-state index contributed by atoms with van der Waals surface area (Å²) in [7, 11) is 0. The third kappa shape index (κ3) is 7.39. The van der Waals surface area contributed by atoms with Crippen LogP contribution >= 0.6 is 0 Å². The topological polar surface area (TPSA) is 13.1 Å². The van der Waals surface area contributed by atoms with E-state index in [-0.39, 0.29) is 6.04 Å². The third-order valence-corrected chi connectivity index (χ3v) is 14.8. The summed E-state index contributed by atoms with van der Waals surface area (Å²) in [6.07, 6.45) is 22.9. The molecule has 0 radical (unpaired) electrons. The number of hydrogen-bond donors (Lipinski definition) is 0. The van der Waals surface area contributed by atoms with E-state index in [9.17, 15) is 0 Å². The van der Waals surface area contributed by atoms with Gasteiger partial charge in [-0.25, -0.2) is 0 Å². The van der Waals surface area contributed by atoms with Crippen LogP contribution in [0.2, 0.25) is 0 Å². The minimum atomic E-state index is 0.257. The van der Waals surface area contributed by atoms with Gasteiger partial charge in [0.05, 0.1) is 17.1 Å². The van der Waals surface area contributed by atoms with Gasteiger partial charge in [0.1, 0.15) is 0 Å². The Morgan fingerprint density at radius 1 is 0.449 bits per heavy atom. The van der Waals surface area contributed by atoms with Crippen molar-refractivity contribution in [1.29, 1.82) is 0 Å². The molecule has 0 N–H and O–H groups in total. The maximum atomic E-state index is 2.56. The molecule has 0 saturated heterocycles. The van der Waals surface area contributed by atoms with Crippen LogP contribution in [-0.2, 0) is 0 Å². The summed E-state index contributed by atoms with van der Waals surface area (Å²) in [5.41, 5.74) is 19.0. The molecule has 2 heterocycles. The lowest BCUT2D eigenvalue weighted by atomic mass is 9.84. The van der Waals surface area contributed by atoms with Gasteiger partial charge in [0.15, 0.2) is 0 Å². The van der Waals surface area contributed by atoms with Gasteiger partial charge in [0, 0.05) is 61.3 Å². The van der Waals surface area contributed by atoms with Crippen molar-refractivity contribution in [3.63, 3.8) is 0 Å².